The molecule has 1 aliphatic rings. The van der Waals surface area contributed by atoms with E-state index in [0.29, 0.717) is 5.54 Å². The van der Waals surface area contributed by atoms with Crippen LogP contribution in [0, 0.1) is 0 Å². The van der Waals surface area contributed by atoms with Crippen molar-refractivity contribution >= 4 is 5.69 Å². The number of nitrogens with two attached hydrogens (primary N) is 1. The van der Waals surface area contributed by atoms with Crippen LogP contribution in [0.3, 0.4) is 0 Å². The molecule has 0 spiro atoms. The summed E-state index contributed by atoms with van der Waals surface area (Å²) in [5.41, 5.74) is 12.5. The second-order valence-corrected chi connectivity index (χ2v) is 8.60. The van der Waals surface area contributed by atoms with Gasteiger partial charge in [0.1, 0.15) is 0 Å². The number of fused-ring (bicyclic) bond motifs is 1. The zero-order valence-corrected chi connectivity index (χ0v) is 17.5. The average molecular weight is 345 g/mol. The maximum Gasteiger partial charge on any atom is 0.0350 e. The summed E-state index contributed by atoms with van der Waals surface area (Å²) in [4.78, 5) is 2.74. The van der Waals surface area contributed by atoms with Crippen LogP contribution in [0.4, 0.5) is 5.69 Å². The molecule has 1 aromatic rings. The predicted octanol–water partition coefficient (Wildman–Crippen LogP) is 6.06. The number of hydrogen-bond donors (Lipinski definition) is 1. The third kappa shape index (κ3) is 3.89. The molecule has 0 saturated heterocycles. The molecular weight excluding hydrogens is 304 g/mol. The molecule has 2 heteroatoms. The zero-order valence-electron chi connectivity index (χ0n) is 17.5. The van der Waals surface area contributed by atoms with Crippen molar-refractivity contribution in [3.8, 4) is 0 Å². The first-order valence-corrected chi connectivity index (χ1v) is 10.5. The number of hydrogen-bond acceptors (Lipinski definition) is 2. The summed E-state index contributed by atoms with van der Waals surface area (Å²) in [6, 6.07) is 4.50. The van der Waals surface area contributed by atoms with Crippen LogP contribution in [0.2, 0.25) is 0 Å². The van der Waals surface area contributed by atoms with Crippen LogP contribution in [0.1, 0.15) is 96.8 Å². The Balaban J connectivity index is 2.47. The van der Waals surface area contributed by atoms with E-state index in [4.69, 9.17) is 5.73 Å². The molecule has 0 aromatic heterocycles. The lowest BCUT2D eigenvalue weighted by molar-refractivity contribution is 0.0743. The number of nitrogens with zero attached hydrogens (tertiary/aromatic N) is 1. The Kier molecular flexibility index (Phi) is 6.59. The van der Waals surface area contributed by atoms with E-state index in [1.165, 1.54) is 44.1 Å². The van der Waals surface area contributed by atoms with E-state index in [1.807, 2.05) is 0 Å². The van der Waals surface area contributed by atoms with Crippen molar-refractivity contribution in [2.75, 3.05) is 12.3 Å². The SMILES string of the molecule is CCCC(C)(CC)c1ccc(N)c2c1CN(C(C)(CC)CCC)CC2. The Bertz CT molecular complexity index is 580. The third-order valence-electron chi connectivity index (χ3n) is 6.99. The molecule has 2 unspecified atom stereocenters. The summed E-state index contributed by atoms with van der Waals surface area (Å²) in [5, 5.41) is 0. The Morgan fingerprint density at radius 3 is 2.20 bits per heavy atom. The highest BCUT2D eigenvalue weighted by molar-refractivity contribution is 5.56. The standard InChI is InChI=1S/C23H40N2/c1-7-14-22(5,9-3)20-11-12-21(24)18-13-16-25(17-19(18)20)23(6,10-4)15-8-2/h11-12H,7-10,13-17,24H2,1-6H3. The number of nitrogen functional groups attached to an aromatic ring is 1. The fourth-order valence-corrected chi connectivity index (χ4v) is 4.88. The van der Waals surface area contributed by atoms with E-state index in [2.05, 4.69) is 58.6 Å². The molecule has 142 valence electrons. The van der Waals surface area contributed by atoms with Gasteiger partial charge in [-0.25, -0.2) is 0 Å². The second-order valence-electron chi connectivity index (χ2n) is 8.60. The topological polar surface area (TPSA) is 29.3 Å². The summed E-state index contributed by atoms with van der Waals surface area (Å²) in [6.07, 6.45) is 8.51. The van der Waals surface area contributed by atoms with Crippen molar-refractivity contribution in [2.45, 2.75) is 104 Å². The van der Waals surface area contributed by atoms with E-state index in [9.17, 15) is 0 Å². The molecule has 1 aliphatic heterocycles. The van der Waals surface area contributed by atoms with Gasteiger partial charge in [-0.3, -0.25) is 4.90 Å². The van der Waals surface area contributed by atoms with Crippen LogP contribution in [0.5, 0.6) is 0 Å². The van der Waals surface area contributed by atoms with Crippen LogP contribution < -0.4 is 5.73 Å². The third-order valence-corrected chi connectivity index (χ3v) is 6.99. The number of rotatable bonds is 8. The van der Waals surface area contributed by atoms with Crippen LogP contribution in [0.25, 0.3) is 0 Å². The minimum atomic E-state index is 0.267. The molecule has 0 saturated carbocycles. The fourth-order valence-electron chi connectivity index (χ4n) is 4.88. The van der Waals surface area contributed by atoms with Gasteiger partial charge in [0.15, 0.2) is 0 Å². The highest BCUT2D eigenvalue weighted by Crippen LogP contribution is 2.41. The van der Waals surface area contributed by atoms with E-state index in [-0.39, 0.29) is 5.41 Å². The summed E-state index contributed by atoms with van der Waals surface area (Å²) in [6.45, 7) is 16.4. The predicted molar refractivity (Wildman–Crippen MR) is 111 cm³/mol. The molecule has 2 rings (SSSR count). The summed E-state index contributed by atoms with van der Waals surface area (Å²) in [5.74, 6) is 0. The first kappa shape index (κ1) is 20.3. The summed E-state index contributed by atoms with van der Waals surface area (Å²) < 4.78 is 0. The van der Waals surface area contributed by atoms with Gasteiger partial charge in [0.2, 0.25) is 0 Å². The highest BCUT2D eigenvalue weighted by Gasteiger charge is 2.35. The van der Waals surface area contributed by atoms with Crippen LogP contribution >= 0.6 is 0 Å². The Morgan fingerprint density at radius 2 is 1.64 bits per heavy atom. The smallest absolute Gasteiger partial charge is 0.0350 e. The molecule has 0 fully saturated rings. The van der Waals surface area contributed by atoms with Crippen molar-refractivity contribution in [3.63, 3.8) is 0 Å². The maximum absolute atomic E-state index is 6.40. The zero-order chi connectivity index (χ0) is 18.7. The average Bonchev–Trinajstić information content (AvgIpc) is 2.61. The van der Waals surface area contributed by atoms with Gasteiger partial charge in [-0.1, -0.05) is 53.5 Å². The van der Waals surface area contributed by atoms with E-state index in [0.717, 1.165) is 25.2 Å². The summed E-state index contributed by atoms with van der Waals surface area (Å²) in [7, 11) is 0. The van der Waals surface area contributed by atoms with Crippen molar-refractivity contribution in [2.24, 2.45) is 0 Å². The largest absolute Gasteiger partial charge is 0.398 e. The van der Waals surface area contributed by atoms with Gasteiger partial charge < -0.3 is 5.73 Å². The first-order chi connectivity index (χ1) is 11.8. The van der Waals surface area contributed by atoms with E-state index >= 15 is 0 Å². The van der Waals surface area contributed by atoms with Crippen LogP contribution in [0.15, 0.2) is 12.1 Å². The van der Waals surface area contributed by atoms with Gasteiger partial charge >= 0.3 is 0 Å². The van der Waals surface area contributed by atoms with Gasteiger partial charge in [-0.2, -0.15) is 0 Å². The maximum atomic E-state index is 6.40. The molecule has 0 radical (unpaired) electrons. The van der Waals surface area contributed by atoms with Crippen LogP contribution in [-0.2, 0) is 18.4 Å². The fraction of sp³-hybridized carbons (Fsp3) is 0.739. The van der Waals surface area contributed by atoms with Crippen molar-refractivity contribution in [1.29, 1.82) is 0 Å². The van der Waals surface area contributed by atoms with Gasteiger partial charge in [0, 0.05) is 24.3 Å². The van der Waals surface area contributed by atoms with Gasteiger partial charge in [0.05, 0.1) is 0 Å². The lowest BCUT2D eigenvalue weighted by atomic mass is 9.72. The van der Waals surface area contributed by atoms with Crippen molar-refractivity contribution in [1.82, 2.24) is 4.90 Å². The molecular formula is C23H40N2. The van der Waals surface area contributed by atoms with E-state index < -0.39 is 0 Å². The second kappa shape index (κ2) is 8.12. The molecule has 0 aliphatic carbocycles. The molecule has 2 atom stereocenters. The van der Waals surface area contributed by atoms with Gasteiger partial charge in [-0.15, -0.1) is 0 Å². The Labute approximate surface area is 156 Å². The van der Waals surface area contributed by atoms with Crippen LogP contribution in [-0.4, -0.2) is 17.0 Å². The molecule has 2 N–H and O–H groups in total. The molecule has 0 bridgehead atoms. The lowest BCUT2D eigenvalue weighted by Gasteiger charge is -2.45. The molecule has 1 aromatic carbocycles. The molecule has 25 heavy (non-hydrogen) atoms. The quantitative estimate of drug-likeness (QED) is 0.580. The normalized spacial score (nSPS) is 19.9. The highest BCUT2D eigenvalue weighted by atomic mass is 15.2. The van der Waals surface area contributed by atoms with Gasteiger partial charge in [-0.05, 0) is 67.2 Å². The minimum Gasteiger partial charge on any atom is -0.398 e. The van der Waals surface area contributed by atoms with Gasteiger partial charge in [0.25, 0.3) is 0 Å². The van der Waals surface area contributed by atoms with Crippen molar-refractivity contribution in [3.05, 3.63) is 28.8 Å². The Hall–Kier alpha value is -1.02. The summed E-state index contributed by atoms with van der Waals surface area (Å²) >= 11 is 0. The Morgan fingerprint density at radius 1 is 0.960 bits per heavy atom. The van der Waals surface area contributed by atoms with E-state index in [1.54, 1.807) is 11.1 Å². The van der Waals surface area contributed by atoms with Crippen molar-refractivity contribution < 1.29 is 0 Å². The molecule has 0 amide bonds. The number of benzene rings is 1. The number of anilines is 1. The molecule has 2 nitrogen and oxygen atoms in total. The minimum absolute atomic E-state index is 0.267. The first-order valence-electron chi connectivity index (χ1n) is 10.5. The molecule has 1 heterocycles. The lowest BCUT2D eigenvalue weighted by Crippen LogP contribution is -2.48. The monoisotopic (exact) mass is 344 g/mol.